The summed E-state index contributed by atoms with van der Waals surface area (Å²) in [6.45, 7) is 6.75. The maximum Gasteiger partial charge on any atom is 0.292 e. The Balaban J connectivity index is 1.91. The van der Waals surface area contributed by atoms with Gasteiger partial charge in [0.1, 0.15) is 10.5 Å². The number of ether oxygens (including phenoxy) is 1. The Morgan fingerprint density at radius 2 is 2.13 bits per heavy atom. The van der Waals surface area contributed by atoms with Gasteiger partial charge in [-0.3, -0.25) is 4.79 Å². The third kappa shape index (κ3) is 3.87. The first-order valence-corrected chi connectivity index (χ1v) is 10.7. The molecule has 1 atom stereocenters. The van der Waals surface area contributed by atoms with Gasteiger partial charge in [-0.05, 0) is 36.6 Å². The van der Waals surface area contributed by atoms with Crippen LogP contribution in [0.4, 0.5) is 5.13 Å². The lowest BCUT2D eigenvalue weighted by molar-refractivity contribution is 0.122. The number of rotatable bonds is 5. The number of morpholine rings is 1. The van der Waals surface area contributed by atoms with Gasteiger partial charge in [-0.25, -0.2) is 4.98 Å². The number of anilines is 1. The topological polar surface area (TPSA) is 109 Å². The van der Waals surface area contributed by atoms with Crippen LogP contribution in [0.3, 0.4) is 0 Å². The highest BCUT2D eigenvalue weighted by molar-refractivity contribution is 7.22. The maximum absolute atomic E-state index is 12.8. The summed E-state index contributed by atoms with van der Waals surface area (Å²) in [6.07, 6.45) is 0. The molecular formula is C19H20ClN7O2S. The standard InChI is InChI=1S/C19H20ClN7O2S/c1-11-13(4-3-5-14(11)20)10-27-16(12(2)24-25-21)22-18(28)15-17(27)23-19(30-15)26-6-8-29-9-7-26/h3-5,12H,6-10H2,1-2H3. The van der Waals surface area contributed by atoms with E-state index < -0.39 is 6.04 Å². The predicted molar refractivity (Wildman–Crippen MR) is 118 cm³/mol. The summed E-state index contributed by atoms with van der Waals surface area (Å²) in [5.41, 5.74) is 11.0. The van der Waals surface area contributed by atoms with Gasteiger partial charge in [0.2, 0.25) is 0 Å². The van der Waals surface area contributed by atoms with Crippen molar-refractivity contribution in [2.24, 2.45) is 5.11 Å². The molecule has 0 radical (unpaired) electrons. The lowest BCUT2D eigenvalue weighted by atomic mass is 10.1. The van der Waals surface area contributed by atoms with E-state index in [1.54, 1.807) is 6.92 Å². The Kier molecular flexibility index (Phi) is 5.92. The van der Waals surface area contributed by atoms with Gasteiger partial charge in [0, 0.05) is 23.0 Å². The number of hydrogen-bond donors (Lipinski definition) is 0. The van der Waals surface area contributed by atoms with Crippen LogP contribution in [0.15, 0.2) is 28.1 Å². The molecule has 11 heteroatoms. The molecule has 0 bridgehead atoms. The van der Waals surface area contributed by atoms with Crippen LogP contribution in [0.25, 0.3) is 20.8 Å². The number of azide groups is 1. The molecule has 4 rings (SSSR count). The highest BCUT2D eigenvalue weighted by atomic mass is 35.5. The molecule has 3 heterocycles. The van der Waals surface area contributed by atoms with Crippen LogP contribution in [0.1, 0.15) is 29.9 Å². The van der Waals surface area contributed by atoms with E-state index >= 15 is 0 Å². The SMILES string of the molecule is Cc1c(Cl)cccc1Cn1c(C(C)N=[N+]=[N-])nc(=O)c2sc(N3CCOCC3)nc21. The number of aromatic nitrogens is 3. The smallest absolute Gasteiger partial charge is 0.292 e. The van der Waals surface area contributed by atoms with Crippen molar-refractivity contribution in [3.63, 3.8) is 0 Å². The summed E-state index contributed by atoms with van der Waals surface area (Å²) >= 11 is 7.64. The summed E-state index contributed by atoms with van der Waals surface area (Å²) in [4.78, 5) is 26.8. The van der Waals surface area contributed by atoms with Crippen LogP contribution in [-0.4, -0.2) is 40.8 Å². The van der Waals surface area contributed by atoms with Gasteiger partial charge in [-0.1, -0.05) is 40.2 Å². The van der Waals surface area contributed by atoms with Crippen molar-refractivity contribution in [1.82, 2.24) is 14.5 Å². The summed E-state index contributed by atoms with van der Waals surface area (Å²) in [5.74, 6) is 0.378. The minimum atomic E-state index is -0.625. The molecular weight excluding hydrogens is 426 g/mol. The minimum absolute atomic E-state index is 0.365. The predicted octanol–water partition coefficient (Wildman–Crippen LogP) is 4.07. The first-order valence-electron chi connectivity index (χ1n) is 9.51. The Morgan fingerprint density at radius 3 is 2.87 bits per heavy atom. The minimum Gasteiger partial charge on any atom is -0.378 e. The van der Waals surface area contributed by atoms with Crippen LogP contribution in [-0.2, 0) is 11.3 Å². The number of hydrogen-bond acceptors (Lipinski definition) is 7. The van der Waals surface area contributed by atoms with Crippen molar-refractivity contribution in [3.8, 4) is 0 Å². The van der Waals surface area contributed by atoms with E-state index in [1.807, 2.05) is 29.7 Å². The quantitative estimate of drug-likeness (QED) is 0.334. The molecule has 1 saturated heterocycles. The largest absolute Gasteiger partial charge is 0.378 e. The average Bonchev–Trinajstić information content (AvgIpc) is 3.20. The van der Waals surface area contributed by atoms with Gasteiger partial charge in [0.25, 0.3) is 5.56 Å². The van der Waals surface area contributed by atoms with Crippen LogP contribution < -0.4 is 10.5 Å². The van der Waals surface area contributed by atoms with Crippen LogP contribution >= 0.6 is 22.9 Å². The molecule has 0 saturated carbocycles. The first kappa shape index (κ1) is 20.6. The van der Waals surface area contributed by atoms with E-state index in [0.29, 0.717) is 41.0 Å². The number of nitrogens with zero attached hydrogens (tertiary/aromatic N) is 7. The Morgan fingerprint density at radius 1 is 1.37 bits per heavy atom. The molecule has 1 aliphatic rings. The van der Waals surface area contributed by atoms with Gasteiger partial charge in [-0.15, -0.1) is 0 Å². The second kappa shape index (κ2) is 8.61. The molecule has 9 nitrogen and oxygen atoms in total. The normalized spacial score (nSPS) is 15.2. The van der Waals surface area contributed by atoms with Gasteiger partial charge in [0.05, 0.1) is 25.8 Å². The first-order chi connectivity index (χ1) is 14.5. The van der Waals surface area contributed by atoms with Crippen molar-refractivity contribution >= 4 is 38.4 Å². The third-order valence-electron chi connectivity index (χ3n) is 5.13. The van der Waals surface area contributed by atoms with Crippen molar-refractivity contribution in [2.45, 2.75) is 26.4 Å². The van der Waals surface area contributed by atoms with E-state index in [2.05, 4.69) is 19.9 Å². The molecule has 0 amide bonds. The van der Waals surface area contributed by atoms with Crippen molar-refractivity contribution in [3.05, 3.63) is 61.0 Å². The summed E-state index contributed by atoms with van der Waals surface area (Å²) in [5, 5.41) is 5.19. The fraction of sp³-hybridized carbons (Fsp3) is 0.421. The zero-order valence-electron chi connectivity index (χ0n) is 16.6. The molecule has 1 fully saturated rings. The number of benzene rings is 1. The zero-order chi connectivity index (χ0) is 21.3. The van der Waals surface area contributed by atoms with Crippen molar-refractivity contribution in [1.29, 1.82) is 0 Å². The number of fused-ring (bicyclic) bond motifs is 1. The number of thiazole rings is 1. The second-order valence-corrected chi connectivity index (χ2v) is 8.40. The Hall–Kier alpha value is -2.65. The van der Waals surface area contributed by atoms with E-state index in [-0.39, 0.29) is 5.56 Å². The lowest BCUT2D eigenvalue weighted by Gasteiger charge is -2.25. The van der Waals surface area contributed by atoms with Crippen molar-refractivity contribution in [2.75, 3.05) is 31.2 Å². The fourth-order valence-electron chi connectivity index (χ4n) is 3.43. The average molecular weight is 446 g/mol. The molecule has 2 aromatic heterocycles. The lowest BCUT2D eigenvalue weighted by Crippen LogP contribution is -2.36. The number of halogens is 1. The Labute approximate surface area is 181 Å². The molecule has 0 N–H and O–H groups in total. The van der Waals surface area contributed by atoms with Crippen LogP contribution in [0.2, 0.25) is 5.02 Å². The molecule has 0 aliphatic carbocycles. The van der Waals surface area contributed by atoms with Gasteiger partial charge in [-0.2, -0.15) is 4.98 Å². The van der Waals surface area contributed by atoms with E-state index in [9.17, 15) is 4.79 Å². The van der Waals surface area contributed by atoms with Crippen LogP contribution in [0, 0.1) is 6.92 Å². The fourth-order valence-corrected chi connectivity index (χ4v) is 4.64. The molecule has 30 heavy (non-hydrogen) atoms. The summed E-state index contributed by atoms with van der Waals surface area (Å²) < 4.78 is 7.76. The van der Waals surface area contributed by atoms with E-state index in [1.165, 1.54) is 11.3 Å². The molecule has 0 spiro atoms. The monoisotopic (exact) mass is 445 g/mol. The molecule has 1 aromatic carbocycles. The maximum atomic E-state index is 12.8. The third-order valence-corrected chi connectivity index (χ3v) is 6.63. The molecule has 156 valence electrons. The highest BCUT2D eigenvalue weighted by Crippen LogP contribution is 2.30. The van der Waals surface area contributed by atoms with E-state index in [0.717, 1.165) is 29.3 Å². The van der Waals surface area contributed by atoms with Crippen LogP contribution in [0.5, 0.6) is 0 Å². The Bertz CT molecular complexity index is 1200. The highest BCUT2D eigenvalue weighted by Gasteiger charge is 2.23. The summed E-state index contributed by atoms with van der Waals surface area (Å²) in [7, 11) is 0. The summed E-state index contributed by atoms with van der Waals surface area (Å²) in [6, 6.07) is 5.07. The van der Waals surface area contributed by atoms with E-state index in [4.69, 9.17) is 26.9 Å². The van der Waals surface area contributed by atoms with Gasteiger partial charge < -0.3 is 14.2 Å². The zero-order valence-corrected chi connectivity index (χ0v) is 18.2. The molecule has 3 aromatic rings. The molecule has 1 unspecified atom stereocenters. The van der Waals surface area contributed by atoms with Gasteiger partial charge in [0.15, 0.2) is 10.8 Å². The van der Waals surface area contributed by atoms with Crippen molar-refractivity contribution < 1.29 is 4.74 Å². The molecule has 1 aliphatic heterocycles. The van der Waals surface area contributed by atoms with Gasteiger partial charge >= 0.3 is 0 Å². The second-order valence-electron chi connectivity index (χ2n) is 7.01.